The molecule has 1 aliphatic carbocycles. The third-order valence-corrected chi connectivity index (χ3v) is 10.0. The minimum atomic E-state index is -1.61. The summed E-state index contributed by atoms with van der Waals surface area (Å²) in [6.45, 7) is 3.14. The smallest absolute Gasteiger partial charge is 0.362 e. The first-order chi connectivity index (χ1) is 21.9. The molecule has 2 aromatic carbocycles. The first-order valence-electron chi connectivity index (χ1n) is 15.5. The van der Waals surface area contributed by atoms with E-state index in [-0.39, 0.29) is 12.0 Å². The van der Waals surface area contributed by atoms with Crippen LogP contribution in [0, 0.1) is 0 Å². The van der Waals surface area contributed by atoms with E-state index in [0.717, 1.165) is 83.4 Å². The lowest BCUT2D eigenvalue weighted by molar-refractivity contribution is -0.173. The maximum atomic E-state index is 13.4. The number of ether oxygens (including phenoxy) is 1. The van der Waals surface area contributed by atoms with Gasteiger partial charge in [-0.25, -0.2) is 14.8 Å². The number of aliphatic carboxylic acids is 1. The molecule has 7 rings (SSSR count). The molecule has 1 saturated carbocycles. The molecule has 1 unspecified atom stereocenters. The number of rotatable bonds is 7. The van der Waals surface area contributed by atoms with Crippen LogP contribution in [0.4, 0.5) is 10.9 Å². The molecule has 45 heavy (non-hydrogen) atoms. The Labute approximate surface area is 265 Å². The average Bonchev–Trinajstić information content (AvgIpc) is 3.48. The van der Waals surface area contributed by atoms with E-state index in [0.29, 0.717) is 22.8 Å². The third kappa shape index (κ3) is 5.60. The summed E-state index contributed by atoms with van der Waals surface area (Å²) < 4.78 is 7.32. The predicted octanol–water partition coefficient (Wildman–Crippen LogP) is 6.53. The van der Waals surface area contributed by atoms with Crippen LogP contribution in [-0.2, 0) is 22.5 Å². The number of carboxylic acid groups (broad SMARTS) is 1. The quantitative estimate of drug-likeness (QED) is 0.213. The molecule has 0 saturated heterocycles. The Balaban J connectivity index is 1.11. The van der Waals surface area contributed by atoms with E-state index < -0.39 is 11.7 Å². The number of para-hydroxylation sites is 1. The van der Waals surface area contributed by atoms with Crippen molar-refractivity contribution in [2.75, 3.05) is 16.8 Å². The first-order valence-corrected chi connectivity index (χ1v) is 16.3. The van der Waals surface area contributed by atoms with Crippen molar-refractivity contribution in [3.63, 3.8) is 0 Å². The number of nitrogens with one attached hydrogen (secondary N) is 2. The molecule has 0 bridgehead atoms. The fourth-order valence-corrected chi connectivity index (χ4v) is 7.48. The summed E-state index contributed by atoms with van der Waals surface area (Å²) in [5.74, 6) is -0.426. The number of carboxylic acids is 1. The van der Waals surface area contributed by atoms with Gasteiger partial charge in [-0.15, -0.1) is 0 Å². The van der Waals surface area contributed by atoms with Gasteiger partial charge in [0, 0.05) is 36.6 Å². The molecule has 4 heterocycles. The van der Waals surface area contributed by atoms with Crippen LogP contribution in [0.2, 0.25) is 0 Å². The predicted molar refractivity (Wildman–Crippen MR) is 176 cm³/mol. The van der Waals surface area contributed by atoms with Crippen LogP contribution in [0.5, 0.6) is 0 Å². The van der Waals surface area contributed by atoms with Gasteiger partial charge < -0.3 is 20.1 Å². The summed E-state index contributed by atoms with van der Waals surface area (Å²) in [4.78, 5) is 37.6. The zero-order chi connectivity index (χ0) is 31.0. The van der Waals surface area contributed by atoms with Crippen LogP contribution in [0.15, 0.2) is 78.6 Å². The van der Waals surface area contributed by atoms with Crippen LogP contribution in [0.25, 0.3) is 15.8 Å². The minimum absolute atomic E-state index is 0.0966. The largest absolute Gasteiger partial charge is 0.477 e. The van der Waals surface area contributed by atoms with Crippen molar-refractivity contribution in [3.8, 4) is 0 Å². The van der Waals surface area contributed by atoms with Gasteiger partial charge in [0.05, 0.1) is 16.3 Å². The Hall–Kier alpha value is -4.54. The number of thiazole rings is 1. The molecule has 10 heteroatoms. The van der Waals surface area contributed by atoms with Crippen molar-refractivity contribution in [1.82, 2.24) is 15.3 Å². The second kappa shape index (κ2) is 12.1. The Morgan fingerprint density at radius 2 is 1.93 bits per heavy atom. The standard InChI is InChI=1S/C35H35N5O4S/c1-22-26(16-18-37-35(22,33(42)43)44-25-9-3-2-4-10-25)24-14-15-31(36-20-24)40-19-17-23-8-7-11-27(28(23)21-40)32(41)39-34-38-29-12-5-6-13-30(29)45-34/h5-8,11-16,18,20,25,37H,2-4,9-10,17,19,21H2,1H3,(H,42,43)(H,38,39,41). The van der Waals surface area contributed by atoms with E-state index in [1.165, 1.54) is 11.3 Å². The van der Waals surface area contributed by atoms with Crippen LogP contribution >= 0.6 is 11.3 Å². The van der Waals surface area contributed by atoms with Crippen molar-refractivity contribution in [1.29, 1.82) is 0 Å². The van der Waals surface area contributed by atoms with Gasteiger partial charge in [-0.1, -0.05) is 54.9 Å². The number of carbonyl (C=O) groups is 2. The number of amides is 1. The molecule has 1 amide bonds. The number of anilines is 2. The molecule has 0 spiro atoms. The number of allylic oxidation sites excluding steroid dienone is 2. The summed E-state index contributed by atoms with van der Waals surface area (Å²) in [5.41, 5.74) is 4.24. The SMILES string of the molecule is CC1=C(c2ccc(N3CCc4cccc(C(=O)Nc5nc6ccccc6s5)c4C3)nc2)C=CNC1(OC1CCCCC1)C(=O)O. The molecule has 1 fully saturated rings. The number of carbonyl (C=O) groups excluding carboxylic acids is 1. The number of nitrogens with zero attached hydrogens (tertiary/aromatic N) is 3. The highest BCUT2D eigenvalue weighted by molar-refractivity contribution is 7.22. The molecular formula is C35H35N5O4S. The first kappa shape index (κ1) is 29.2. The van der Waals surface area contributed by atoms with Crippen molar-refractivity contribution < 1.29 is 19.4 Å². The fraction of sp³-hybridized carbons (Fsp3) is 0.314. The van der Waals surface area contributed by atoms with E-state index >= 15 is 0 Å². The Kier molecular flexibility index (Phi) is 7.85. The van der Waals surface area contributed by atoms with Gasteiger partial charge in [0.2, 0.25) is 0 Å². The van der Waals surface area contributed by atoms with Crippen molar-refractivity contribution in [2.24, 2.45) is 0 Å². The van der Waals surface area contributed by atoms with Gasteiger partial charge in [0.15, 0.2) is 5.13 Å². The van der Waals surface area contributed by atoms with Gasteiger partial charge >= 0.3 is 5.97 Å². The summed E-state index contributed by atoms with van der Waals surface area (Å²) in [6.07, 6.45) is 11.0. The zero-order valence-electron chi connectivity index (χ0n) is 25.1. The maximum Gasteiger partial charge on any atom is 0.362 e. The summed E-state index contributed by atoms with van der Waals surface area (Å²) in [5, 5.41) is 16.9. The number of fused-ring (bicyclic) bond motifs is 2. The van der Waals surface area contributed by atoms with Crippen LogP contribution in [-0.4, -0.2) is 45.3 Å². The fourth-order valence-electron chi connectivity index (χ4n) is 6.62. The van der Waals surface area contributed by atoms with Crippen LogP contribution in [0.1, 0.15) is 66.1 Å². The number of hydrogen-bond donors (Lipinski definition) is 3. The molecule has 2 aromatic heterocycles. The molecule has 2 aliphatic heterocycles. The van der Waals surface area contributed by atoms with E-state index in [1.54, 1.807) is 12.4 Å². The number of benzene rings is 2. The van der Waals surface area contributed by atoms with E-state index in [1.807, 2.05) is 61.5 Å². The van der Waals surface area contributed by atoms with Crippen LogP contribution in [0.3, 0.4) is 0 Å². The highest BCUT2D eigenvalue weighted by Gasteiger charge is 2.46. The third-order valence-electron chi connectivity index (χ3n) is 9.08. The molecule has 1 atom stereocenters. The Morgan fingerprint density at radius 3 is 2.71 bits per heavy atom. The molecule has 0 radical (unpaired) electrons. The molecule has 9 nitrogen and oxygen atoms in total. The summed E-state index contributed by atoms with van der Waals surface area (Å²) >= 11 is 1.46. The highest BCUT2D eigenvalue weighted by atomic mass is 32.1. The summed E-state index contributed by atoms with van der Waals surface area (Å²) in [7, 11) is 0. The second-order valence-electron chi connectivity index (χ2n) is 11.8. The van der Waals surface area contributed by atoms with Gasteiger partial charge in [-0.3, -0.25) is 10.1 Å². The number of aromatic nitrogens is 2. The number of hydrogen-bond acceptors (Lipinski definition) is 8. The van der Waals surface area contributed by atoms with Gasteiger partial charge in [0.25, 0.3) is 11.6 Å². The van der Waals surface area contributed by atoms with Crippen molar-refractivity contribution in [3.05, 3.63) is 101 Å². The maximum absolute atomic E-state index is 13.4. The second-order valence-corrected chi connectivity index (χ2v) is 12.9. The monoisotopic (exact) mass is 621 g/mol. The summed E-state index contributed by atoms with van der Waals surface area (Å²) in [6, 6.07) is 17.7. The van der Waals surface area contributed by atoms with E-state index in [4.69, 9.17) is 9.72 Å². The van der Waals surface area contributed by atoms with E-state index in [9.17, 15) is 14.7 Å². The van der Waals surface area contributed by atoms with E-state index in [2.05, 4.69) is 26.6 Å². The van der Waals surface area contributed by atoms with Gasteiger partial charge in [0.1, 0.15) is 5.82 Å². The molecule has 230 valence electrons. The highest BCUT2D eigenvalue weighted by Crippen LogP contribution is 2.36. The van der Waals surface area contributed by atoms with Gasteiger partial charge in [-0.05, 0) is 84.9 Å². The molecular weight excluding hydrogens is 586 g/mol. The molecule has 4 aromatic rings. The number of dihydropyridines is 1. The Morgan fingerprint density at radius 1 is 1.09 bits per heavy atom. The molecule has 3 aliphatic rings. The van der Waals surface area contributed by atoms with Crippen molar-refractivity contribution >= 4 is 50.0 Å². The lowest BCUT2D eigenvalue weighted by Crippen LogP contribution is -2.56. The van der Waals surface area contributed by atoms with Crippen molar-refractivity contribution in [2.45, 2.75) is 63.8 Å². The van der Waals surface area contributed by atoms with Crippen LogP contribution < -0.4 is 15.5 Å². The average molecular weight is 622 g/mol. The lowest BCUT2D eigenvalue weighted by Gasteiger charge is -2.38. The Bertz CT molecular complexity index is 1790. The van der Waals surface area contributed by atoms with Gasteiger partial charge in [-0.2, -0.15) is 0 Å². The minimum Gasteiger partial charge on any atom is -0.477 e. The normalized spacial score (nSPS) is 20.2. The number of pyridine rings is 1. The molecule has 3 N–H and O–H groups in total. The topological polar surface area (TPSA) is 117 Å². The zero-order valence-corrected chi connectivity index (χ0v) is 25.9. The lowest BCUT2D eigenvalue weighted by atomic mass is 9.90.